The molecule has 1 amide bonds. The summed E-state index contributed by atoms with van der Waals surface area (Å²) in [5, 5.41) is 10.2. The van der Waals surface area contributed by atoms with Crippen LogP contribution >= 0.6 is 0 Å². The lowest BCUT2D eigenvalue weighted by molar-refractivity contribution is -0.119. The number of carbonyl (C=O) groups is 1. The van der Waals surface area contributed by atoms with Crippen molar-refractivity contribution in [2.24, 2.45) is 5.73 Å². The summed E-state index contributed by atoms with van der Waals surface area (Å²) in [6.07, 6.45) is 1.61. The van der Waals surface area contributed by atoms with Crippen molar-refractivity contribution in [3.05, 3.63) is 11.9 Å². The fraction of sp³-hybridized carbons (Fsp3) is 0.727. The summed E-state index contributed by atoms with van der Waals surface area (Å²) in [7, 11) is -3.19. The highest BCUT2D eigenvalue weighted by Crippen LogP contribution is 2.16. The molecule has 9 heteroatoms. The van der Waals surface area contributed by atoms with Crippen LogP contribution in [0.2, 0.25) is 0 Å². The van der Waals surface area contributed by atoms with E-state index in [1.54, 1.807) is 27.0 Å². The summed E-state index contributed by atoms with van der Waals surface area (Å²) in [5.41, 5.74) is 5.71. The predicted molar refractivity (Wildman–Crippen MR) is 74.5 cm³/mol. The van der Waals surface area contributed by atoms with Gasteiger partial charge in [0.25, 0.3) is 0 Å². The van der Waals surface area contributed by atoms with Gasteiger partial charge in [-0.3, -0.25) is 9.48 Å². The highest BCUT2D eigenvalue weighted by atomic mass is 32.2. The molecule has 114 valence electrons. The van der Waals surface area contributed by atoms with Gasteiger partial charge in [-0.15, -0.1) is 5.10 Å². The quantitative estimate of drug-likeness (QED) is 0.700. The first-order valence-corrected chi connectivity index (χ1v) is 7.89. The van der Waals surface area contributed by atoms with E-state index in [4.69, 9.17) is 5.73 Å². The Bertz CT molecular complexity index is 559. The summed E-state index contributed by atoms with van der Waals surface area (Å²) in [6, 6.07) is 0. The van der Waals surface area contributed by atoms with Crippen molar-refractivity contribution in [2.45, 2.75) is 38.6 Å². The van der Waals surface area contributed by atoms with Crippen LogP contribution in [0.25, 0.3) is 0 Å². The molecule has 0 aliphatic rings. The van der Waals surface area contributed by atoms with Crippen molar-refractivity contribution in [3.8, 4) is 0 Å². The lowest BCUT2D eigenvalue weighted by Gasteiger charge is -2.18. The summed E-state index contributed by atoms with van der Waals surface area (Å²) in [5.74, 6) is -0.288. The second kappa shape index (κ2) is 6.31. The fourth-order valence-electron chi connectivity index (χ4n) is 1.31. The van der Waals surface area contributed by atoms with Crippen LogP contribution in [0.1, 0.15) is 26.5 Å². The highest BCUT2D eigenvalue weighted by molar-refractivity contribution is 7.92. The lowest BCUT2D eigenvalue weighted by atomic mass is 10.3. The molecule has 3 N–H and O–H groups in total. The molecule has 1 rings (SSSR count). The molecule has 1 heterocycles. The summed E-state index contributed by atoms with van der Waals surface area (Å²) in [4.78, 5) is 11.0. The van der Waals surface area contributed by atoms with E-state index in [1.165, 1.54) is 4.68 Å². The number of nitrogens with two attached hydrogens (primary N) is 1. The van der Waals surface area contributed by atoms with Crippen molar-refractivity contribution >= 4 is 15.7 Å². The molecule has 8 nitrogen and oxygen atoms in total. The molecule has 0 saturated carbocycles. The molecule has 0 aromatic carbocycles. The Labute approximate surface area is 118 Å². The maximum absolute atomic E-state index is 12.0. The predicted octanol–water partition coefficient (Wildman–Crippen LogP) is -0.934. The second-order valence-electron chi connectivity index (χ2n) is 5.39. The third kappa shape index (κ3) is 4.57. The van der Waals surface area contributed by atoms with E-state index in [1.807, 2.05) is 0 Å². The van der Waals surface area contributed by atoms with Crippen LogP contribution in [0.4, 0.5) is 0 Å². The van der Waals surface area contributed by atoms with Gasteiger partial charge in [0.05, 0.1) is 36.3 Å². The van der Waals surface area contributed by atoms with Gasteiger partial charge < -0.3 is 11.1 Å². The molecule has 1 aromatic heterocycles. The molecule has 0 unspecified atom stereocenters. The molecule has 0 aliphatic carbocycles. The highest BCUT2D eigenvalue weighted by Gasteiger charge is 2.28. The van der Waals surface area contributed by atoms with Crippen LogP contribution in [0.15, 0.2) is 6.20 Å². The Hall–Kier alpha value is -1.48. The molecule has 0 spiro atoms. The van der Waals surface area contributed by atoms with Crippen LogP contribution in [-0.4, -0.2) is 46.4 Å². The van der Waals surface area contributed by atoms with Crippen LogP contribution < -0.4 is 11.1 Å². The van der Waals surface area contributed by atoms with Crippen molar-refractivity contribution in [1.82, 2.24) is 20.3 Å². The molecule has 0 aliphatic heterocycles. The Balaban J connectivity index is 2.55. The van der Waals surface area contributed by atoms with Gasteiger partial charge in [0.1, 0.15) is 5.69 Å². The van der Waals surface area contributed by atoms with Gasteiger partial charge in [-0.05, 0) is 20.8 Å². The van der Waals surface area contributed by atoms with Gasteiger partial charge >= 0.3 is 0 Å². The normalized spacial score (nSPS) is 12.4. The standard InChI is InChI=1S/C11H21N5O3S/c1-11(2,3)20(18,19)5-4-16-8-9(14-15-16)7-13-10(17)6-12/h8H,4-7,12H2,1-3H3,(H,13,17). The Morgan fingerprint density at radius 1 is 1.45 bits per heavy atom. The number of carbonyl (C=O) groups excluding carboxylic acids is 1. The topological polar surface area (TPSA) is 120 Å². The first kappa shape index (κ1) is 16.6. The Morgan fingerprint density at radius 2 is 2.10 bits per heavy atom. The average molecular weight is 303 g/mol. The van der Waals surface area contributed by atoms with Gasteiger partial charge in [-0.1, -0.05) is 5.21 Å². The molecule has 20 heavy (non-hydrogen) atoms. The van der Waals surface area contributed by atoms with Crippen LogP contribution in [-0.2, 0) is 27.7 Å². The molecular weight excluding hydrogens is 282 g/mol. The lowest BCUT2D eigenvalue weighted by Crippen LogP contribution is -2.32. The zero-order chi connectivity index (χ0) is 15.4. The van der Waals surface area contributed by atoms with E-state index < -0.39 is 14.6 Å². The van der Waals surface area contributed by atoms with Crippen molar-refractivity contribution in [1.29, 1.82) is 0 Å². The minimum absolute atomic E-state index is 0.00550. The van der Waals surface area contributed by atoms with E-state index in [0.29, 0.717) is 5.69 Å². The number of aromatic nitrogens is 3. The number of hydrogen-bond acceptors (Lipinski definition) is 6. The van der Waals surface area contributed by atoms with E-state index in [0.717, 1.165) is 0 Å². The number of sulfone groups is 1. The summed E-state index contributed by atoms with van der Waals surface area (Å²) < 4.78 is 24.6. The molecule has 0 fully saturated rings. The van der Waals surface area contributed by atoms with Crippen LogP contribution in [0.5, 0.6) is 0 Å². The Morgan fingerprint density at radius 3 is 2.65 bits per heavy atom. The summed E-state index contributed by atoms with van der Waals surface area (Å²) in [6.45, 7) is 5.36. The van der Waals surface area contributed by atoms with E-state index in [2.05, 4.69) is 15.6 Å². The fourth-order valence-corrected chi connectivity index (χ4v) is 2.35. The van der Waals surface area contributed by atoms with Crippen LogP contribution in [0, 0.1) is 0 Å². The minimum atomic E-state index is -3.19. The largest absolute Gasteiger partial charge is 0.349 e. The number of hydrogen-bond donors (Lipinski definition) is 2. The average Bonchev–Trinajstić information content (AvgIpc) is 2.80. The van der Waals surface area contributed by atoms with Crippen molar-refractivity contribution < 1.29 is 13.2 Å². The molecular formula is C11H21N5O3S. The zero-order valence-corrected chi connectivity index (χ0v) is 12.8. The number of aryl methyl sites for hydroxylation is 1. The molecule has 0 radical (unpaired) electrons. The van der Waals surface area contributed by atoms with Gasteiger partial charge in [0, 0.05) is 0 Å². The molecule has 0 bridgehead atoms. The Kier molecular flexibility index (Phi) is 5.23. The van der Waals surface area contributed by atoms with E-state index >= 15 is 0 Å². The maximum Gasteiger partial charge on any atom is 0.234 e. The number of nitrogens with one attached hydrogen (secondary N) is 1. The maximum atomic E-state index is 12.0. The van der Waals surface area contributed by atoms with Crippen molar-refractivity contribution in [2.75, 3.05) is 12.3 Å². The van der Waals surface area contributed by atoms with Crippen molar-refractivity contribution in [3.63, 3.8) is 0 Å². The third-order valence-electron chi connectivity index (χ3n) is 2.76. The van der Waals surface area contributed by atoms with Gasteiger partial charge in [-0.2, -0.15) is 0 Å². The van der Waals surface area contributed by atoms with Crippen LogP contribution in [0.3, 0.4) is 0 Å². The SMILES string of the molecule is CC(C)(C)S(=O)(=O)CCn1cc(CNC(=O)CN)nn1. The number of nitrogens with zero attached hydrogens (tertiary/aromatic N) is 3. The second-order valence-corrected chi connectivity index (χ2v) is 8.25. The summed E-state index contributed by atoms with van der Waals surface area (Å²) >= 11 is 0. The first-order valence-electron chi connectivity index (χ1n) is 6.24. The smallest absolute Gasteiger partial charge is 0.234 e. The monoisotopic (exact) mass is 303 g/mol. The molecule has 0 saturated heterocycles. The molecule has 0 atom stereocenters. The number of amides is 1. The van der Waals surface area contributed by atoms with Gasteiger partial charge in [-0.25, -0.2) is 8.42 Å². The minimum Gasteiger partial charge on any atom is -0.349 e. The zero-order valence-electron chi connectivity index (χ0n) is 12.0. The first-order chi connectivity index (χ1) is 9.15. The van der Waals surface area contributed by atoms with Gasteiger partial charge in [0.2, 0.25) is 5.91 Å². The van der Waals surface area contributed by atoms with E-state index in [-0.39, 0.29) is 31.3 Å². The molecule has 1 aromatic rings. The number of rotatable bonds is 6. The van der Waals surface area contributed by atoms with E-state index in [9.17, 15) is 13.2 Å². The third-order valence-corrected chi connectivity index (χ3v) is 5.35. The van der Waals surface area contributed by atoms with Gasteiger partial charge in [0.15, 0.2) is 9.84 Å².